The van der Waals surface area contributed by atoms with E-state index in [1.165, 1.54) is 11.1 Å². The molecule has 0 spiro atoms. The molecular formula is C17H18Cl2. The van der Waals surface area contributed by atoms with Crippen molar-refractivity contribution in [1.29, 1.82) is 0 Å². The molecule has 2 aromatic rings. The van der Waals surface area contributed by atoms with E-state index in [0.29, 0.717) is 0 Å². The molecule has 0 aliphatic carbocycles. The van der Waals surface area contributed by atoms with Gasteiger partial charge in [0.2, 0.25) is 0 Å². The minimum atomic E-state index is -0.144. The number of hydrogen-bond donors (Lipinski definition) is 0. The number of rotatable bonds is 4. The highest BCUT2D eigenvalue weighted by Gasteiger charge is 2.12. The van der Waals surface area contributed by atoms with E-state index in [1.807, 2.05) is 24.3 Å². The minimum Gasteiger partial charge on any atom is -0.113 e. The maximum atomic E-state index is 6.57. The highest BCUT2D eigenvalue weighted by molar-refractivity contribution is 6.30. The smallest absolute Gasteiger partial charge is 0.0836 e. The Balaban J connectivity index is 2.36. The fourth-order valence-electron chi connectivity index (χ4n) is 2.33. The van der Waals surface area contributed by atoms with E-state index >= 15 is 0 Å². The molecule has 0 fully saturated rings. The van der Waals surface area contributed by atoms with Crippen LogP contribution >= 0.6 is 23.2 Å². The summed E-state index contributed by atoms with van der Waals surface area (Å²) < 4.78 is 0. The van der Waals surface area contributed by atoms with Gasteiger partial charge in [-0.25, -0.2) is 0 Å². The average molecular weight is 293 g/mol. The average Bonchev–Trinajstić information content (AvgIpc) is 2.45. The maximum Gasteiger partial charge on any atom is 0.0836 e. The molecule has 100 valence electrons. The van der Waals surface area contributed by atoms with E-state index < -0.39 is 0 Å². The van der Waals surface area contributed by atoms with Crippen LogP contribution in [-0.4, -0.2) is 0 Å². The highest BCUT2D eigenvalue weighted by atomic mass is 35.5. The van der Waals surface area contributed by atoms with Crippen LogP contribution < -0.4 is 0 Å². The molecule has 1 atom stereocenters. The molecule has 0 nitrogen and oxygen atoms in total. The van der Waals surface area contributed by atoms with Gasteiger partial charge >= 0.3 is 0 Å². The molecule has 2 aromatic carbocycles. The Bertz CT molecular complexity index is 561. The van der Waals surface area contributed by atoms with Gasteiger partial charge in [-0.2, -0.15) is 0 Å². The number of benzene rings is 2. The zero-order valence-electron chi connectivity index (χ0n) is 11.3. The van der Waals surface area contributed by atoms with Crippen molar-refractivity contribution in [3.63, 3.8) is 0 Å². The summed E-state index contributed by atoms with van der Waals surface area (Å²) in [4.78, 5) is 0. The Morgan fingerprint density at radius 1 is 0.895 bits per heavy atom. The predicted molar refractivity (Wildman–Crippen MR) is 84.3 cm³/mol. The molecule has 0 saturated carbocycles. The van der Waals surface area contributed by atoms with Gasteiger partial charge < -0.3 is 0 Å². The molecule has 0 saturated heterocycles. The largest absolute Gasteiger partial charge is 0.113 e. The Kier molecular flexibility index (Phi) is 4.90. The van der Waals surface area contributed by atoms with Crippen molar-refractivity contribution in [3.05, 3.63) is 69.7 Å². The lowest BCUT2D eigenvalue weighted by Crippen LogP contribution is -1.98. The van der Waals surface area contributed by atoms with Crippen LogP contribution in [0.25, 0.3) is 0 Å². The van der Waals surface area contributed by atoms with E-state index in [-0.39, 0.29) is 5.38 Å². The van der Waals surface area contributed by atoms with E-state index in [4.69, 9.17) is 23.2 Å². The van der Waals surface area contributed by atoms with Crippen molar-refractivity contribution in [1.82, 2.24) is 0 Å². The second-order valence-corrected chi connectivity index (χ2v) is 5.53. The van der Waals surface area contributed by atoms with Crippen molar-refractivity contribution in [2.45, 2.75) is 32.1 Å². The first-order valence-corrected chi connectivity index (χ1v) is 7.48. The fourth-order valence-corrected chi connectivity index (χ4v) is 2.80. The molecule has 0 bridgehead atoms. The molecule has 0 amide bonds. The lowest BCUT2D eigenvalue weighted by molar-refractivity contribution is 1.02. The molecule has 0 heterocycles. The standard InChI is InChI=1S/C17H18Cl2/c1-3-12-8-9-15(10-13(12)4-2)17(19)14-6-5-7-16(18)11-14/h5-11,17H,3-4H2,1-2H3. The first-order valence-electron chi connectivity index (χ1n) is 6.67. The van der Waals surface area contributed by atoms with Gasteiger partial charge in [-0.05, 0) is 47.2 Å². The molecule has 0 aliphatic heterocycles. The molecule has 2 rings (SSSR count). The molecule has 0 aromatic heterocycles. The topological polar surface area (TPSA) is 0 Å². The number of alkyl halides is 1. The summed E-state index contributed by atoms with van der Waals surface area (Å²) in [5.41, 5.74) is 4.97. The molecule has 0 aliphatic rings. The predicted octanol–water partition coefficient (Wildman–Crippen LogP) is 5.79. The van der Waals surface area contributed by atoms with Gasteiger partial charge in [-0.15, -0.1) is 11.6 Å². The van der Waals surface area contributed by atoms with Crippen LogP contribution in [0.3, 0.4) is 0 Å². The lowest BCUT2D eigenvalue weighted by atomic mass is 9.96. The third-order valence-corrected chi connectivity index (χ3v) is 4.17. The van der Waals surface area contributed by atoms with Crippen molar-refractivity contribution in [2.75, 3.05) is 0 Å². The lowest BCUT2D eigenvalue weighted by Gasteiger charge is -2.14. The van der Waals surface area contributed by atoms with Crippen LogP contribution in [0.1, 0.15) is 41.5 Å². The summed E-state index contributed by atoms with van der Waals surface area (Å²) in [6.45, 7) is 4.37. The van der Waals surface area contributed by atoms with E-state index in [0.717, 1.165) is 29.0 Å². The number of hydrogen-bond acceptors (Lipinski definition) is 0. The Hall–Kier alpha value is -0.980. The van der Waals surface area contributed by atoms with Crippen LogP contribution in [-0.2, 0) is 12.8 Å². The summed E-state index contributed by atoms with van der Waals surface area (Å²) in [6, 6.07) is 14.3. The van der Waals surface area contributed by atoms with Crippen LogP contribution in [0.4, 0.5) is 0 Å². The summed E-state index contributed by atoms with van der Waals surface area (Å²) >= 11 is 12.6. The maximum absolute atomic E-state index is 6.57. The minimum absolute atomic E-state index is 0.144. The summed E-state index contributed by atoms with van der Waals surface area (Å²) in [5, 5.41) is 0.582. The molecule has 2 heteroatoms. The van der Waals surface area contributed by atoms with Gasteiger partial charge in [-0.1, -0.05) is 55.8 Å². The van der Waals surface area contributed by atoms with Gasteiger partial charge in [0.25, 0.3) is 0 Å². The highest BCUT2D eigenvalue weighted by Crippen LogP contribution is 2.31. The van der Waals surface area contributed by atoms with Gasteiger partial charge in [0.05, 0.1) is 5.38 Å². The van der Waals surface area contributed by atoms with Gasteiger partial charge in [0.15, 0.2) is 0 Å². The fraction of sp³-hybridized carbons (Fsp3) is 0.294. The number of aryl methyl sites for hydroxylation is 2. The third-order valence-electron chi connectivity index (χ3n) is 3.43. The first kappa shape index (κ1) is 14.4. The molecular weight excluding hydrogens is 275 g/mol. The van der Waals surface area contributed by atoms with Crippen molar-refractivity contribution in [2.24, 2.45) is 0 Å². The Labute approximate surface area is 125 Å². The quantitative estimate of drug-likeness (QED) is 0.625. The van der Waals surface area contributed by atoms with Gasteiger partial charge in [0, 0.05) is 5.02 Å². The van der Waals surface area contributed by atoms with Crippen LogP contribution in [0.2, 0.25) is 5.02 Å². The molecule has 19 heavy (non-hydrogen) atoms. The Morgan fingerprint density at radius 2 is 1.58 bits per heavy atom. The van der Waals surface area contributed by atoms with Crippen molar-refractivity contribution in [3.8, 4) is 0 Å². The molecule has 1 unspecified atom stereocenters. The van der Waals surface area contributed by atoms with Crippen LogP contribution in [0.5, 0.6) is 0 Å². The van der Waals surface area contributed by atoms with E-state index in [1.54, 1.807) is 0 Å². The van der Waals surface area contributed by atoms with Crippen molar-refractivity contribution >= 4 is 23.2 Å². The van der Waals surface area contributed by atoms with Crippen LogP contribution in [0, 0.1) is 0 Å². The summed E-state index contributed by atoms with van der Waals surface area (Å²) in [6.07, 6.45) is 2.10. The van der Waals surface area contributed by atoms with Crippen LogP contribution in [0.15, 0.2) is 42.5 Å². The third kappa shape index (κ3) is 3.32. The molecule has 0 radical (unpaired) electrons. The van der Waals surface area contributed by atoms with Crippen molar-refractivity contribution < 1.29 is 0 Å². The SMILES string of the molecule is CCc1ccc(C(Cl)c2cccc(Cl)c2)cc1CC. The normalized spacial score (nSPS) is 12.4. The zero-order chi connectivity index (χ0) is 13.8. The van der Waals surface area contributed by atoms with E-state index in [2.05, 4.69) is 32.0 Å². The molecule has 0 N–H and O–H groups in total. The Morgan fingerprint density at radius 3 is 2.21 bits per heavy atom. The second-order valence-electron chi connectivity index (χ2n) is 4.65. The van der Waals surface area contributed by atoms with Gasteiger partial charge in [0.1, 0.15) is 0 Å². The summed E-state index contributed by atoms with van der Waals surface area (Å²) in [5.74, 6) is 0. The number of halogens is 2. The first-order chi connectivity index (χ1) is 9.15. The monoisotopic (exact) mass is 292 g/mol. The summed E-state index contributed by atoms with van der Waals surface area (Å²) in [7, 11) is 0. The zero-order valence-corrected chi connectivity index (χ0v) is 12.8. The van der Waals surface area contributed by atoms with Gasteiger partial charge in [-0.3, -0.25) is 0 Å². The van der Waals surface area contributed by atoms with E-state index in [9.17, 15) is 0 Å². The second kappa shape index (κ2) is 6.45.